The molecule has 0 spiro atoms. The molecule has 0 fully saturated rings. The van der Waals surface area contributed by atoms with Gasteiger partial charge in [-0.25, -0.2) is 0 Å². The van der Waals surface area contributed by atoms with Gasteiger partial charge in [0.25, 0.3) is 0 Å². The molecule has 0 saturated carbocycles. The van der Waals surface area contributed by atoms with E-state index in [1.807, 2.05) is 32.0 Å². The smallest absolute Gasteiger partial charge is 0.125 e. The molecular weight excluding hydrogens is 204 g/mol. The van der Waals surface area contributed by atoms with Crippen LogP contribution in [-0.2, 0) is 4.74 Å². The lowest BCUT2D eigenvalue weighted by Gasteiger charge is -2.18. The lowest BCUT2D eigenvalue weighted by molar-refractivity contribution is 0.0886. The van der Waals surface area contributed by atoms with Crippen LogP contribution < -0.4 is 4.74 Å². The second-order valence-corrected chi connectivity index (χ2v) is 4.10. The van der Waals surface area contributed by atoms with E-state index in [0.29, 0.717) is 6.61 Å². The molecule has 0 aliphatic carbocycles. The minimum Gasteiger partial charge on any atom is -0.488 e. The van der Waals surface area contributed by atoms with E-state index in [9.17, 15) is 5.11 Å². The van der Waals surface area contributed by atoms with E-state index < -0.39 is 6.10 Å². The molecule has 0 aliphatic heterocycles. The fraction of sp³-hybridized carbons (Fsp3) is 0.538. The van der Waals surface area contributed by atoms with E-state index in [1.165, 1.54) is 0 Å². The van der Waals surface area contributed by atoms with Gasteiger partial charge in [0, 0.05) is 12.7 Å². The summed E-state index contributed by atoms with van der Waals surface area (Å²) in [6.45, 7) is 6.21. The zero-order chi connectivity index (χ0) is 12.1. The molecule has 0 aromatic heterocycles. The molecule has 1 aromatic carbocycles. The molecule has 1 N–H and O–H groups in total. The van der Waals surface area contributed by atoms with Gasteiger partial charge >= 0.3 is 0 Å². The Morgan fingerprint density at radius 1 is 1.31 bits per heavy atom. The van der Waals surface area contributed by atoms with Crippen molar-refractivity contribution in [1.82, 2.24) is 0 Å². The molecule has 1 aromatic rings. The van der Waals surface area contributed by atoms with E-state index in [-0.39, 0.29) is 6.10 Å². The zero-order valence-electron chi connectivity index (χ0n) is 10.4. The third-order valence-corrected chi connectivity index (χ3v) is 2.35. The fourth-order valence-electron chi connectivity index (χ4n) is 1.57. The number of hydrogen-bond donors (Lipinski definition) is 1. The molecule has 3 nitrogen and oxygen atoms in total. The first kappa shape index (κ1) is 13.0. The van der Waals surface area contributed by atoms with E-state index in [0.717, 1.165) is 16.9 Å². The molecule has 0 aliphatic rings. The number of benzene rings is 1. The van der Waals surface area contributed by atoms with Crippen LogP contribution in [0, 0.1) is 6.92 Å². The molecule has 90 valence electrons. The Morgan fingerprint density at radius 2 is 2.00 bits per heavy atom. The Morgan fingerprint density at radius 3 is 2.56 bits per heavy atom. The summed E-state index contributed by atoms with van der Waals surface area (Å²) in [5, 5.41) is 9.63. The Balaban J connectivity index is 2.87. The monoisotopic (exact) mass is 224 g/mol. The van der Waals surface area contributed by atoms with E-state index in [1.54, 1.807) is 14.0 Å². The molecule has 0 heterocycles. The summed E-state index contributed by atoms with van der Waals surface area (Å²) in [5.41, 5.74) is 1.93. The number of hydrogen-bond acceptors (Lipinski definition) is 3. The Labute approximate surface area is 97.0 Å². The fourth-order valence-corrected chi connectivity index (χ4v) is 1.57. The van der Waals surface area contributed by atoms with Gasteiger partial charge < -0.3 is 14.6 Å². The first-order valence-corrected chi connectivity index (χ1v) is 5.48. The zero-order valence-corrected chi connectivity index (χ0v) is 10.4. The number of aliphatic hydroxyl groups excluding tert-OH is 1. The molecule has 16 heavy (non-hydrogen) atoms. The van der Waals surface area contributed by atoms with Crippen molar-refractivity contribution in [2.24, 2.45) is 0 Å². The predicted molar refractivity (Wildman–Crippen MR) is 63.8 cm³/mol. The van der Waals surface area contributed by atoms with Gasteiger partial charge in [0.05, 0.1) is 12.7 Å². The van der Waals surface area contributed by atoms with Crippen molar-refractivity contribution < 1.29 is 14.6 Å². The highest BCUT2D eigenvalue weighted by Crippen LogP contribution is 2.27. The van der Waals surface area contributed by atoms with Crippen molar-refractivity contribution in [3.05, 3.63) is 29.3 Å². The van der Waals surface area contributed by atoms with Gasteiger partial charge in [-0.3, -0.25) is 0 Å². The highest BCUT2D eigenvalue weighted by molar-refractivity contribution is 5.38. The summed E-state index contributed by atoms with van der Waals surface area (Å²) in [4.78, 5) is 0. The van der Waals surface area contributed by atoms with E-state index in [4.69, 9.17) is 9.47 Å². The van der Waals surface area contributed by atoms with Crippen LogP contribution in [0.4, 0.5) is 0 Å². The normalized spacial score (nSPS) is 14.6. The van der Waals surface area contributed by atoms with E-state index in [2.05, 4.69) is 0 Å². The lowest BCUT2D eigenvalue weighted by Crippen LogP contribution is -2.19. The second kappa shape index (κ2) is 5.87. The van der Waals surface area contributed by atoms with Gasteiger partial charge in [-0.2, -0.15) is 0 Å². The van der Waals surface area contributed by atoms with Crippen molar-refractivity contribution in [3.63, 3.8) is 0 Å². The maximum absolute atomic E-state index is 9.63. The van der Waals surface area contributed by atoms with Crippen LogP contribution in [0.15, 0.2) is 18.2 Å². The van der Waals surface area contributed by atoms with Crippen LogP contribution in [0.3, 0.4) is 0 Å². The van der Waals surface area contributed by atoms with Crippen LogP contribution in [0.25, 0.3) is 0 Å². The molecule has 0 saturated heterocycles. The molecule has 1 rings (SSSR count). The largest absolute Gasteiger partial charge is 0.488 e. The third kappa shape index (κ3) is 3.51. The van der Waals surface area contributed by atoms with Crippen molar-refractivity contribution >= 4 is 0 Å². The van der Waals surface area contributed by atoms with Crippen LogP contribution in [0.5, 0.6) is 5.75 Å². The standard InChI is InChI=1S/C13H20O3/c1-9-5-6-12(11(3)14)13(7-9)16-10(2)8-15-4/h5-7,10-11,14H,8H2,1-4H3. The van der Waals surface area contributed by atoms with Gasteiger partial charge in [-0.1, -0.05) is 12.1 Å². The second-order valence-electron chi connectivity index (χ2n) is 4.10. The van der Waals surface area contributed by atoms with Crippen molar-refractivity contribution in [2.45, 2.75) is 33.0 Å². The van der Waals surface area contributed by atoms with Gasteiger partial charge in [-0.15, -0.1) is 0 Å². The summed E-state index contributed by atoms with van der Waals surface area (Å²) >= 11 is 0. The summed E-state index contributed by atoms with van der Waals surface area (Å²) < 4.78 is 10.8. The first-order chi connectivity index (χ1) is 7.54. The number of methoxy groups -OCH3 is 1. The van der Waals surface area contributed by atoms with Gasteiger partial charge in [0.1, 0.15) is 11.9 Å². The third-order valence-electron chi connectivity index (χ3n) is 2.35. The van der Waals surface area contributed by atoms with Crippen molar-refractivity contribution in [3.8, 4) is 5.75 Å². The average molecular weight is 224 g/mol. The van der Waals surface area contributed by atoms with E-state index >= 15 is 0 Å². The quantitative estimate of drug-likeness (QED) is 0.835. The summed E-state index contributed by atoms with van der Waals surface area (Å²) in [6.07, 6.45) is -0.547. The molecule has 0 amide bonds. The summed E-state index contributed by atoms with van der Waals surface area (Å²) in [7, 11) is 1.64. The minimum atomic E-state index is -0.523. The number of aryl methyl sites for hydroxylation is 1. The van der Waals surface area contributed by atoms with Gasteiger partial charge in [0.2, 0.25) is 0 Å². The van der Waals surface area contributed by atoms with Crippen LogP contribution in [0.2, 0.25) is 0 Å². The van der Waals surface area contributed by atoms with Crippen LogP contribution in [0.1, 0.15) is 31.1 Å². The van der Waals surface area contributed by atoms with Gasteiger partial charge in [0.15, 0.2) is 0 Å². The molecule has 0 bridgehead atoms. The Hall–Kier alpha value is -1.06. The molecule has 2 atom stereocenters. The number of aliphatic hydroxyl groups is 1. The SMILES string of the molecule is COCC(C)Oc1cc(C)ccc1C(C)O. The van der Waals surface area contributed by atoms with Crippen molar-refractivity contribution in [2.75, 3.05) is 13.7 Å². The number of ether oxygens (including phenoxy) is 2. The molecule has 0 radical (unpaired) electrons. The Bertz CT molecular complexity index is 334. The summed E-state index contributed by atoms with van der Waals surface area (Å²) in [5.74, 6) is 0.736. The van der Waals surface area contributed by atoms with Crippen molar-refractivity contribution in [1.29, 1.82) is 0 Å². The van der Waals surface area contributed by atoms with Gasteiger partial charge in [-0.05, 0) is 32.4 Å². The maximum atomic E-state index is 9.63. The average Bonchev–Trinajstić information content (AvgIpc) is 2.17. The van der Waals surface area contributed by atoms with Crippen LogP contribution >= 0.6 is 0 Å². The summed E-state index contributed by atoms with van der Waals surface area (Å²) in [6, 6.07) is 5.80. The van der Waals surface area contributed by atoms with Crippen LogP contribution in [-0.4, -0.2) is 24.9 Å². The highest BCUT2D eigenvalue weighted by atomic mass is 16.5. The topological polar surface area (TPSA) is 38.7 Å². The lowest BCUT2D eigenvalue weighted by atomic mass is 10.1. The molecule has 3 heteroatoms. The maximum Gasteiger partial charge on any atom is 0.125 e. The minimum absolute atomic E-state index is 0.0238. The molecule has 2 unspecified atom stereocenters. The first-order valence-electron chi connectivity index (χ1n) is 5.48. The molecular formula is C13H20O3. The highest BCUT2D eigenvalue weighted by Gasteiger charge is 2.12. The number of rotatable bonds is 5. The predicted octanol–water partition coefficient (Wildman–Crippen LogP) is 2.46. The Kier molecular flexibility index (Phi) is 4.77.